The molecule has 19 heavy (non-hydrogen) atoms. The molecule has 0 fully saturated rings. The Bertz CT molecular complexity index is 623. The van der Waals surface area contributed by atoms with Crippen LogP contribution in [0.4, 0.5) is 5.69 Å². The van der Waals surface area contributed by atoms with Crippen LogP contribution in [0.5, 0.6) is 0 Å². The lowest BCUT2D eigenvalue weighted by Gasteiger charge is -2.20. The van der Waals surface area contributed by atoms with Crippen molar-refractivity contribution in [3.05, 3.63) is 22.2 Å². The highest BCUT2D eigenvalue weighted by Gasteiger charge is 2.24. The first kappa shape index (κ1) is 16.0. The molecule has 0 radical (unpaired) electrons. The molecule has 0 saturated heterocycles. The van der Waals surface area contributed by atoms with Crippen LogP contribution in [0.25, 0.3) is 0 Å². The summed E-state index contributed by atoms with van der Waals surface area (Å²) < 4.78 is 26.7. The van der Waals surface area contributed by atoms with Gasteiger partial charge in [-0.25, -0.2) is 8.42 Å². The lowest BCUT2D eigenvalue weighted by atomic mass is 10.2. The first-order valence-electron chi connectivity index (χ1n) is 5.61. The second kappa shape index (κ2) is 5.90. The van der Waals surface area contributed by atoms with Gasteiger partial charge in [0, 0.05) is 23.8 Å². The number of sulfonamides is 1. The Labute approximate surface area is 122 Å². The molecule has 7 heteroatoms. The van der Waals surface area contributed by atoms with E-state index in [0.717, 1.165) is 0 Å². The maximum Gasteiger partial charge on any atom is 0.243 e. The van der Waals surface area contributed by atoms with E-state index in [1.165, 1.54) is 17.4 Å². The summed E-state index contributed by atoms with van der Waals surface area (Å²) in [6.45, 7) is 3.53. The van der Waals surface area contributed by atoms with Crippen LogP contribution in [-0.2, 0) is 10.0 Å². The molecule has 0 aliphatic rings. The lowest BCUT2D eigenvalue weighted by molar-refractivity contribution is 0.439. The number of nitriles is 1. The van der Waals surface area contributed by atoms with Gasteiger partial charge in [0.15, 0.2) is 0 Å². The Kier molecular flexibility index (Phi) is 4.96. The molecule has 0 heterocycles. The van der Waals surface area contributed by atoms with Crippen molar-refractivity contribution < 1.29 is 8.42 Å². The number of hydrogen-bond acceptors (Lipinski definition) is 4. The van der Waals surface area contributed by atoms with Crippen molar-refractivity contribution >= 4 is 31.6 Å². The van der Waals surface area contributed by atoms with Crippen LogP contribution in [0, 0.1) is 24.2 Å². The largest absolute Gasteiger partial charge is 0.398 e. The van der Waals surface area contributed by atoms with E-state index in [2.05, 4.69) is 15.9 Å². The Morgan fingerprint density at radius 3 is 2.63 bits per heavy atom. The number of nitrogens with two attached hydrogens (primary N) is 1. The fourth-order valence-corrected chi connectivity index (χ4v) is 3.59. The summed E-state index contributed by atoms with van der Waals surface area (Å²) in [6.07, 6.45) is 0. The molecule has 1 atom stereocenters. The van der Waals surface area contributed by atoms with Crippen molar-refractivity contribution in [2.45, 2.75) is 18.7 Å². The summed E-state index contributed by atoms with van der Waals surface area (Å²) in [4.78, 5) is 0.167. The zero-order valence-electron chi connectivity index (χ0n) is 11.0. The summed E-state index contributed by atoms with van der Waals surface area (Å²) >= 11 is 3.26. The van der Waals surface area contributed by atoms with E-state index in [4.69, 9.17) is 11.0 Å². The number of anilines is 1. The molecule has 5 nitrogen and oxygen atoms in total. The third-order valence-corrected chi connectivity index (χ3v) is 5.39. The minimum atomic E-state index is -3.63. The fourth-order valence-electron chi connectivity index (χ4n) is 1.64. The second-order valence-corrected chi connectivity index (χ2v) is 7.32. The molecule has 0 aliphatic heterocycles. The number of halogens is 1. The minimum absolute atomic E-state index is 0.147. The Morgan fingerprint density at radius 1 is 1.53 bits per heavy atom. The van der Waals surface area contributed by atoms with Crippen molar-refractivity contribution in [2.24, 2.45) is 5.92 Å². The van der Waals surface area contributed by atoms with Gasteiger partial charge < -0.3 is 5.73 Å². The third kappa shape index (κ3) is 3.47. The van der Waals surface area contributed by atoms with Crippen LogP contribution in [0.2, 0.25) is 0 Å². The predicted octanol–water partition coefficient (Wildman–Crippen LogP) is 2.12. The standard InChI is InChI=1S/C12H16BrN3O2S/c1-8(6-14)7-16(3)19(17,18)12-5-11(15)10(13)4-9(12)2/h4-5,8H,7,15H2,1-3H3. The van der Waals surface area contributed by atoms with E-state index in [1.54, 1.807) is 19.9 Å². The Morgan fingerprint density at radius 2 is 2.11 bits per heavy atom. The molecule has 1 unspecified atom stereocenters. The average molecular weight is 346 g/mol. The molecule has 0 saturated carbocycles. The molecule has 0 spiro atoms. The molecule has 1 aromatic rings. The van der Waals surface area contributed by atoms with Gasteiger partial charge in [0.25, 0.3) is 0 Å². The van der Waals surface area contributed by atoms with Crippen LogP contribution >= 0.6 is 15.9 Å². The predicted molar refractivity (Wildman–Crippen MR) is 77.9 cm³/mol. The smallest absolute Gasteiger partial charge is 0.243 e. The number of nitrogen functional groups attached to an aromatic ring is 1. The number of aryl methyl sites for hydroxylation is 1. The SMILES string of the molecule is Cc1cc(Br)c(N)cc1S(=O)(=O)N(C)CC(C)C#N. The van der Waals surface area contributed by atoms with Gasteiger partial charge in [0.1, 0.15) is 0 Å². The van der Waals surface area contributed by atoms with Gasteiger partial charge in [-0.3, -0.25) is 0 Å². The molecule has 0 aromatic heterocycles. The molecule has 2 N–H and O–H groups in total. The normalized spacial score (nSPS) is 13.3. The Hall–Kier alpha value is -1.10. The highest BCUT2D eigenvalue weighted by molar-refractivity contribution is 9.10. The number of hydrogen-bond donors (Lipinski definition) is 1. The van der Waals surface area contributed by atoms with Crippen molar-refractivity contribution in [3.63, 3.8) is 0 Å². The maximum absolute atomic E-state index is 12.4. The molecule has 0 bridgehead atoms. The van der Waals surface area contributed by atoms with Crippen LogP contribution < -0.4 is 5.73 Å². The number of benzene rings is 1. The first-order chi connectivity index (χ1) is 8.70. The van der Waals surface area contributed by atoms with Crippen LogP contribution in [0.3, 0.4) is 0 Å². The first-order valence-corrected chi connectivity index (χ1v) is 7.85. The quantitative estimate of drug-likeness (QED) is 0.846. The lowest BCUT2D eigenvalue weighted by Crippen LogP contribution is -2.31. The van der Waals surface area contributed by atoms with Crippen molar-refractivity contribution in [2.75, 3.05) is 19.3 Å². The van der Waals surface area contributed by atoms with E-state index >= 15 is 0 Å². The minimum Gasteiger partial charge on any atom is -0.398 e. The zero-order valence-corrected chi connectivity index (χ0v) is 13.4. The topological polar surface area (TPSA) is 87.2 Å². The van der Waals surface area contributed by atoms with Crippen LogP contribution in [0.15, 0.2) is 21.5 Å². The zero-order chi connectivity index (χ0) is 14.8. The fraction of sp³-hybridized carbons (Fsp3) is 0.417. The molecule has 0 amide bonds. The van der Waals surface area contributed by atoms with E-state index in [0.29, 0.717) is 15.7 Å². The maximum atomic E-state index is 12.4. The number of rotatable bonds is 4. The number of nitrogens with zero attached hydrogens (tertiary/aromatic N) is 2. The molecular weight excluding hydrogens is 330 g/mol. The van der Waals surface area contributed by atoms with Gasteiger partial charge >= 0.3 is 0 Å². The summed E-state index contributed by atoms with van der Waals surface area (Å²) in [5, 5.41) is 8.76. The summed E-state index contributed by atoms with van der Waals surface area (Å²) in [7, 11) is -2.17. The molecular formula is C12H16BrN3O2S. The van der Waals surface area contributed by atoms with Crippen molar-refractivity contribution in [3.8, 4) is 6.07 Å². The van der Waals surface area contributed by atoms with Gasteiger partial charge in [-0.1, -0.05) is 0 Å². The van der Waals surface area contributed by atoms with E-state index in [-0.39, 0.29) is 17.4 Å². The monoisotopic (exact) mass is 345 g/mol. The second-order valence-electron chi connectivity index (χ2n) is 4.45. The summed E-state index contributed by atoms with van der Waals surface area (Å²) in [5.74, 6) is -0.368. The van der Waals surface area contributed by atoms with Crippen LogP contribution in [-0.4, -0.2) is 26.3 Å². The van der Waals surface area contributed by atoms with Gasteiger partial charge in [0.2, 0.25) is 10.0 Å². The molecule has 1 aromatic carbocycles. The van der Waals surface area contributed by atoms with Gasteiger partial charge in [-0.05, 0) is 47.5 Å². The van der Waals surface area contributed by atoms with Gasteiger partial charge in [-0.2, -0.15) is 9.57 Å². The summed E-state index contributed by atoms with van der Waals surface area (Å²) in [6, 6.07) is 5.12. The average Bonchev–Trinajstić information content (AvgIpc) is 2.33. The van der Waals surface area contributed by atoms with Crippen molar-refractivity contribution in [1.29, 1.82) is 5.26 Å². The van der Waals surface area contributed by atoms with Gasteiger partial charge in [0.05, 0.1) is 16.9 Å². The van der Waals surface area contributed by atoms with Gasteiger partial charge in [-0.15, -0.1) is 0 Å². The van der Waals surface area contributed by atoms with E-state index < -0.39 is 10.0 Å². The van der Waals surface area contributed by atoms with E-state index in [9.17, 15) is 8.42 Å². The summed E-state index contributed by atoms with van der Waals surface area (Å²) in [5.41, 5.74) is 6.71. The highest BCUT2D eigenvalue weighted by Crippen LogP contribution is 2.28. The van der Waals surface area contributed by atoms with E-state index in [1.807, 2.05) is 6.07 Å². The Balaban J connectivity index is 3.21. The molecule has 1 rings (SSSR count). The highest BCUT2D eigenvalue weighted by atomic mass is 79.9. The van der Waals surface area contributed by atoms with Crippen LogP contribution in [0.1, 0.15) is 12.5 Å². The van der Waals surface area contributed by atoms with Crippen molar-refractivity contribution in [1.82, 2.24) is 4.31 Å². The third-order valence-electron chi connectivity index (χ3n) is 2.73. The molecule has 0 aliphatic carbocycles. The molecule has 104 valence electrons.